The number of para-hydroxylation sites is 1. The van der Waals surface area contributed by atoms with Crippen LogP contribution in [-0.4, -0.2) is 27.3 Å². The minimum Gasteiger partial charge on any atom is -0.311 e. The molecule has 0 saturated carbocycles. The average Bonchev–Trinajstić information content (AvgIpc) is 2.68. The number of nitrogens with zero attached hydrogens (tertiary/aromatic N) is 3. The lowest BCUT2D eigenvalue weighted by Gasteiger charge is -2.32. The zero-order chi connectivity index (χ0) is 19.0. The molecule has 1 amide bonds. The monoisotopic (exact) mass is 379 g/mol. The molecule has 5 nitrogen and oxygen atoms in total. The molecule has 3 aromatic rings. The van der Waals surface area contributed by atoms with E-state index in [-0.39, 0.29) is 16.7 Å². The first-order valence-electron chi connectivity index (χ1n) is 9.05. The van der Waals surface area contributed by atoms with Gasteiger partial charge >= 0.3 is 0 Å². The van der Waals surface area contributed by atoms with E-state index in [1.807, 2.05) is 60.4 Å². The predicted octanol–water partition coefficient (Wildman–Crippen LogP) is 3.53. The molecule has 2 heterocycles. The van der Waals surface area contributed by atoms with E-state index in [0.717, 1.165) is 30.6 Å². The lowest BCUT2D eigenvalue weighted by molar-refractivity contribution is -0.119. The number of fused-ring (bicyclic) bond motifs is 1. The van der Waals surface area contributed by atoms with Crippen molar-refractivity contribution < 1.29 is 4.79 Å². The summed E-state index contributed by atoms with van der Waals surface area (Å²) in [6.45, 7) is 2.68. The normalized spacial score (nSPS) is 17.5. The van der Waals surface area contributed by atoms with Gasteiger partial charge < -0.3 is 4.90 Å². The summed E-state index contributed by atoms with van der Waals surface area (Å²) in [5, 5.41) is 0.965. The Kier molecular flexibility index (Phi) is 4.74. The van der Waals surface area contributed by atoms with E-state index in [2.05, 4.69) is 4.98 Å². The molecule has 0 radical (unpaired) electrons. The fourth-order valence-corrected chi connectivity index (χ4v) is 4.57. The highest BCUT2D eigenvalue weighted by molar-refractivity contribution is 8.00. The number of carbonyl (C=O) groups excluding carboxylic acids is 1. The number of aromatic nitrogens is 2. The van der Waals surface area contributed by atoms with E-state index in [9.17, 15) is 9.59 Å². The summed E-state index contributed by atoms with van der Waals surface area (Å²) in [6, 6.07) is 15.4. The standard InChI is InChI=1S/C21H21N3O2S/c1-14-10-11-17-16(13-14)19(25)23(2)21(22-17)27-18-9-6-12-24(20(18)26)15-7-4-3-5-8-15/h3-5,7-8,10-11,13,18H,6,9,12H2,1-2H3. The van der Waals surface area contributed by atoms with Gasteiger partial charge in [-0.3, -0.25) is 14.2 Å². The van der Waals surface area contributed by atoms with Crippen LogP contribution >= 0.6 is 11.8 Å². The topological polar surface area (TPSA) is 55.2 Å². The molecule has 2 aromatic carbocycles. The van der Waals surface area contributed by atoms with E-state index < -0.39 is 0 Å². The second-order valence-electron chi connectivity index (χ2n) is 6.85. The van der Waals surface area contributed by atoms with Crippen molar-refractivity contribution >= 4 is 34.3 Å². The summed E-state index contributed by atoms with van der Waals surface area (Å²) in [4.78, 5) is 32.2. The van der Waals surface area contributed by atoms with E-state index in [4.69, 9.17) is 0 Å². The van der Waals surface area contributed by atoms with Crippen molar-refractivity contribution in [2.45, 2.75) is 30.2 Å². The first-order valence-corrected chi connectivity index (χ1v) is 9.93. The van der Waals surface area contributed by atoms with E-state index in [1.165, 1.54) is 11.8 Å². The molecular formula is C21H21N3O2S. The maximum Gasteiger partial charge on any atom is 0.261 e. The van der Waals surface area contributed by atoms with Crippen LogP contribution in [0.1, 0.15) is 18.4 Å². The number of benzene rings is 2. The number of hydrogen-bond acceptors (Lipinski definition) is 4. The molecule has 138 valence electrons. The Morgan fingerprint density at radius 2 is 1.89 bits per heavy atom. The number of aryl methyl sites for hydroxylation is 1. The largest absolute Gasteiger partial charge is 0.311 e. The van der Waals surface area contributed by atoms with Gasteiger partial charge in [0.2, 0.25) is 5.91 Å². The number of piperidine rings is 1. The van der Waals surface area contributed by atoms with Gasteiger partial charge in [0.05, 0.1) is 16.2 Å². The third-order valence-corrected chi connectivity index (χ3v) is 6.19. The maximum atomic E-state index is 13.0. The fourth-order valence-electron chi connectivity index (χ4n) is 3.41. The molecule has 1 aromatic heterocycles. The van der Waals surface area contributed by atoms with Crippen LogP contribution in [0, 0.1) is 6.92 Å². The first kappa shape index (κ1) is 17.8. The molecule has 0 aliphatic carbocycles. The highest BCUT2D eigenvalue weighted by atomic mass is 32.2. The average molecular weight is 379 g/mol. The SMILES string of the molecule is Cc1ccc2nc(SC3CCCN(c4ccccc4)C3=O)n(C)c(=O)c2c1. The summed E-state index contributed by atoms with van der Waals surface area (Å²) in [7, 11) is 1.72. The maximum absolute atomic E-state index is 13.0. The number of rotatable bonds is 3. The number of thioether (sulfide) groups is 1. The van der Waals surface area contributed by atoms with Crippen molar-refractivity contribution in [2.75, 3.05) is 11.4 Å². The third kappa shape index (κ3) is 3.37. The molecule has 1 atom stereocenters. The summed E-state index contributed by atoms with van der Waals surface area (Å²) in [5.74, 6) is 0.0794. The van der Waals surface area contributed by atoms with Crippen molar-refractivity contribution in [3.05, 3.63) is 64.4 Å². The van der Waals surface area contributed by atoms with Crippen LogP contribution in [0.25, 0.3) is 10.9 Å². The summed E-state index contributed by atoms with van der Waals surface area (Å²) < 4.78 is 1.56. The van der Waals surface area contributed by atoms with Gasteiger partial charge in [-0.1, -0.05) is 41.6 Å². The second-order valence-corrected chi connectivity index (χ2v) is 8.02. The lowest BCUT2D eigenvalue weighted by atomic mass is 10.1. The lowest BCUT2D eigenvalue weighted by Crippen LogP contribution is -2.43. The Morgan fingerprint density at radius 3 is 2.67 bits per heavy atom. The molecule has 6 heteroatoms. The van der Waals surface area contributed by atoms with Gasteiger partial charge in [0.15, 0.2) is 5.16 Å². The molecule has 1 aliphatic rings. The van der Waals surface area contributed by atoms with Crippen molar-refractivity contribution in [1.29, 1.82) is 0 Å². The highest BCUT2D eigenvalue weighted by Crippen LogP contribution is 2.31. The van der Waals surface area contributed by atoms with E-state index in [0.29, 0.717) is 16.1 Å². The van der Waals surface area contributed by atoms with Crippen molar-refractivity contribution in [1.82, 2.24) is 9.55 Å². The zero-order valence-corrected chi connectivity index (χ0v) is 16.2. The summed E-state index contributed by atoms with van der Waals surface area (Å²) >= 11 is 1.39. The van der Waals surface area contributed by atoms with Crippen LogP contribution in [0.5, 0.6) is 0 Å². The molecular weight excluding hydrogens is 358 g/mol. The highest BCUT2D eigenvalue weighted by Gasteiger charge is 2.31. The number of amides is 1. The molecule has 27 heavy (non-hydrogen) atoms. The van der Waals surface area contributed by atoms with Gasteiger partial charge in [0, 0.05) is 19.3 Å². The van der Waals surface area contributed by atoms with Crippen LogP contribution in [0.2, 0.25) is 0 Å². The Hall–Kier alpha value is -2.60. The molecule has 0 N–H and O–H groups in total. The quantitative estimate of drug-likeness (QED) is 0.653. The third-order valence-electron chi connectivity index (χ3n) is 4.90. The molecule has 0 spiro atoms. The van der Waals surface area contributed by atoms with Crippen LogP contribution in [0.3, 0.4) is 0 Å². The number of carbonyl (C=O) groups is 1. The van der Waals surface area contributed by atoms with Crippen LogP contribution in [0.15, 0.2) is 58.5 Å². The van der Waals surface area contributed by atoms with Crippen LogP contribution < -0.4 is 10.5 Å². The van der Waals surface area contributed by atoms with Gasteiger partial charge in [0.25, 0.3) is 5.56 Å². The minimum absolute atomic E-state index is 0.0747. The van der Waals surface area contributed by atoms with Gasteiger partial charge in [-0.05, 0) is 44.0 Å². The van der Waals surface area contributed by atoms with E-state index >= 15 is 0 Å². The van der Waals surface area contributed by atoms with Gasteiger partial charge in [0.1, 0.15) is 0 Å². The smallest absolute Gasteiger partial charge is 0.261 e. The zero-order valence-electron chi connectivity index (χ0n) is 15.4. The van der Waals surface area contributed by atoms with Gasteiger partial charge in [-0.25, -0.2) is 4.98 Å². The Labute approximate surface area is 162 Å². The first-order chi connectivity index (χ1) is 13.0. The van der Waals surface area contributed by atoms with Gasteiger partial charge in [-0.15, -0.1) is 0 Å². The predicted molar refractivity (Wildman–Crippen MR) is 109 cm³/mol. The van der Waals surface area contributed by atoms with Crippen molar-refractivity contribution in [3.63, 3.8) is 0 Å². The minimum atomic E-state index is -0.236. The van der Waals surface area contributed by atoms with Gasteiger partial charge in [-0.2, -0.15) is 0 Å². The van der Waals surface area contributed by atoms with E-state index in [1.54, 1.807) is 11.6 Å². The molecule has 1 fully saturated rings. The summed E-state index contributed by atoms with van der Waals surface area (Å²) in [5.41, 5.74) is 2.55. The molecule has 1 unspecified atom stereocenters. The van der Waals surface area contributed by atoms with Crippen LogP contribution in [-0.2, 0) is 11.8 Å². The molecule has 0 bridgehead atoms. The summed E-state index contributed by atoms with van der Waals surface area (Å²) in [6.07, 6.45) is 1.72. The molecule has 1 aliphatic heterocycles. The molecule has 1 saturated heterocycles. The Morgan fingerprint density at radius 1 is 1.11 bits per heavy atom. The number of anilines is 1. The Balaban J connectivity index is 1.65. The Bertz CT molecular complexity index is 1060. The van der Waals surface area contributed by atoms with Crippen molar-refractivity contribution in [3.8, 4) is 0 Å². The fraction of sp³-hybridized carbons (Fsp3) is 0.286. The number of hydrogen-bond donors (Lipinski definition) is 0. The molecule has 4 rings (SSSR count). The second kappa shape index (κ2) is 7.19. The van der Waals surface area contributed by atoms with Crippen LogP contribution in [0.4, 0.5) is 5.69 Å². The van der Waals surface area contributed by atoms with Crippen molar-refractivity contribution in [2.24, 2.45) is 7.05 Å².